The predicted octanol–water partition coefficient (Wildman–Crippen LogP) is 2.47. The average Bonchev–Trinajstić information content (AvgIpc) is 3.04. The largest absolute Gasteiger partial charge is 0.492 e. The van der Waals surface area contributed by atoms with Gasteiger partial charge in [-0.15, -0.1) is 0 Å². The molecule has 0 radical (unpaired) electrons. The maximum atomic E-state index is 15.8. The Labute approximate surface area is 173 Å². The van der Waals surface area contributed by atoms with Crippen LogP contribution in [0.25, 0.3) is 5.57 Å². The molecule has 4 rings (SSSR count). The highest BCUT2D eigenvalue weighted by molar-refractivity contribution is 5.77. The summed E-state index contributed by atoms with van der Waals surface area (Å²) in [6.45, 7) is 7.89. The number of ether oxygens (including phenoxy) is 1. The van der Waals surface area contributed by atoms with Crippen LogP contribution in [0.4, 0.5) is 10.1 Å². The van der Waals surface area contributed by atoms with Gasteiger partial charge in [0.2, 0.25) is 0 Å². The van der Waals surface area contributed by atoms with E-state index in [9.17, 15) is 0 Å². The van der Waals surface area contributed by atoms with E-state index in [1.54, 1.807) is 0 Å². The van der Waals surface area contributed by atoms with E-state index in [2.05, 4.69) is 46.1 Å². The Kier molecular flexibility index (Phi) is 6.39. The fourth-order valence-corrected chi connectivity index (χ4v) is 4.61. The third kappa shape index (κ3) is 4.43. The van der Waals surface area contributed by atoms with E-state index < -0.39 is 0 Å². The SMILES string of the molecule is CCN1CC=C(c2c(F)c(NC3NC(C)CC(NC)N3)cc3c2OCC3)CCC1. The molecule has 3 heterocycles. The lowest BCUT2D eigenvalue weighted by atomic mass is 9.96. The van der Waals surface area contributed by atoms with Gasteiger partial charge >= 0.3 is 0 Å². The first-order chi connectivity index (χ1) is 14.1. The van der Waals surface area contributed by atoms with E-state index >= 15 is 4.39 Å². The second-order valence-corrected chi connectivity index (χ2v) is 8.31. The molecule has 6 nitrogen and oxygen atoms in total. The highest BCUT2D eigenvalue weighted by Gasteiger charge is 2.29. The second kappa shape index (κ2) is 9.00. The molecule has 3 aliphatic heterocycles. The first-order valence-corrected chi connectivity index (χ1v) is 10.9. The minimum absolute atomic E-state index is 0.189. The van der Waals surface area contributed by atoms with Crippen molar-refractivity contribution >= 4 is 11.3 Å². The van der Waals surface area contributed by atoms with E-state index in [4.69, 9.17) is 4.74 Å². The van der Waals surface area contributed by atoms with E-state index in [1.807, 2.05) is 13.1 Å². The molecule has 7 heteroatoms. The lowest BCUT2D eigenvalue weighted by Crippen LogP contribution is -2.63. The van der Waals surface area contributed by atoms with Gasteiger partial charge in [-0.3, -0.25) is 15.5 Å². The Morgan fingerprint density at radius 3 is 2.97 bits per heavy atom. The zero-order chi connectivity index (χ0) is 20.4. The number of halogens is 1. The van der Waals surface area contributed by atoms with E-state index in [0.717, 1.165) is 62.2 Å². The van der Waals surface area contributed by atoms with Crippen molar-refractivity contribution in [2.45, 2.75) is 58.0 Å². The number of benzene rings is 1. The molecular weight excluding hydrogens is 369 g/mol. The molecule has 0 amide bonds. The molecule has 0 aromatic heterocycles. The van der Waals surface area contributed by atoms with Crippen molar-refractivity contribution in [2.24, 2.45) is 0 Å². The number of fused-ring (bicyclic) bond motifs is 1. The molecule has 1 fully saturated rings. The van der Waals surface area contributed by atoms with Gasteiger partial charge in [0.1, 0.15) is 12.0 Å². The molecule has 160 valence electrons. The van der Waals surface area contributed by atoms with Crippen LogP contribution in [0, 0.1) is 5.82 Å². The standard InChI is InChI=1S/C22H34FN5O/c1-4-28-9-5-6-15(7-10-28)19-20(23)17(13-16-8-11-29-21(16)19)26-22-25-14(2)12-18(24-3)27-22/h7,13-14,18,22,24-27H,4-6,8-12H2,1-3H3. The van der Waals surface area contributed by atoms with Gasteiger partial charge in [-0.2, -0.15) is 0 Å². The molecule has 1 aromatic rings. The van der Waals surface area contributed by atoms with Crippen LogP contribution in [0.2, 0.25) is 0 Å². The Bertz CT molecular complexity index is 768. The Morgan fingerprint density at radius 2 is 2.17 bits per heavy atom. The molecule has 3 unspecified atom stereocenters. The smallest absolute Gasteiger partial charge is 0.157 e. The first kappa shape index (κ1) is 20.6. The summed E-state index contributed by atoms with van der Waals surface area (Å²) in [4.78, 5) is 2.39. The van der Waals surface area contributed by atoms with Gasteiger partial charge in [-0.05, 0) is 58.0 Å². The number of likely N-dealkylation sites (N-methyl/N-ethyl adjacent to an activating group) is 1. The van der Waals surface area contributed by atoms with Crippen LogP contribution in [0.5, 0.6) is 5.75 Å². The lowest BCUT2D eigenvalue weighted by Gasteiger charge is -2.37. The maximum absolute atomic E-state index is 15.8. The summed E-state index contributed by atoms with van der Waals surface area (Å²) < 4.78 is 21.7. The quantitative estimate of drug-likeness (QED) is 0.606. The molecule has 3 atom stereocenters. The van der Waals surface area contributed by atoms with Crippen LogP contribution in [-0.2, 0) is 6.42 Å². The fourth-order valence-electron chi connectivity index (χ4n) is 4.61. The highest BCUT2D eigenvalue weighted by atomic mass is 19.1. The Morgan fingerprint density at radius 1 is 1.31 bits per heavy atom. The highest BCUT2D eigenvalue weighted by Crippen LogP contribution is 2.41. The van der Waals surface area contributed by atoms with Crippen molar-refractivity contribution in [1.82, 2.24) is 20.9 Å². The zero-order valence-corrected chi connectivity index (χ0v) is 17.8. The molecule has 0 bridgehead atoms. The minimum Gasteiger partial charge on any atom is -0.492 e. The van der Waals surface area contributed by atoms with E-state index in [-0.39, 0.29) is 18.3 Å². The Balaban J connectivity index is 1.64. The van der Waals surface area contributed by atoms with Crippen LogP contribution >= 0.6 is 0 Å². The number of hydrogen-bond acceptors (Lipinski definition) is 6. The van der Waals surface area contributed by atoms with Gasteiger partial charge in [-0.1, -0.05) is 13.0 Å². The number of nitrogens with zero attached hydrogens (tertiary/aromatic N) is 1. The number of nitrogens with one attached hydrogen (secondary N) is 4. The zero-order valence-electron chi connectivity index (χ0n) is 17.8. The topological polar surface area (TPSA) is 60.6 Å². The second-order valence-electron chi connectivity index (χ2n) is 8.31. The molecule has 4 N–H and O–H groups in total. The summed E-state index contributed by atoms with van der Waals surface area (Å²) in [5.74, 6) is 0.542. The molecule has 3 aliphatic rings. The molecular formula is C22H34FN5O. The molecule has 0 spiro atoms. The number of allylic oxidation sites excluding steroid dienone is 1. The van der Waals surface area contributed by atoms with Crippen LogP contribution in [0.3, 0.4) is 0 Å². The first-order valence-electron chi connectivity index (χ1n) is 10.9. The van der Waals surface area contributed by atoms with E-state index in [0.29, 0.717) is 23.9 Å². The average molecular weight is 404 g/mol. The lowest BCUT2D eigenvalue weighted by molar-refractivity contribution is 0.249. The van der Waals surface area contributed by atoms with Crippen molar-refractivity contribution in [3.8, 4) is 5.75 Å². The minimum atomic E-state index is -0.204. The van der Waals surface area contributed by atoms with Gasteiger partial charge in [-0.25, -0.2) is 4.39 Å². The third-order valence-electron chi connectivity index (χ3n) is 6.25. The van der Waals surface area contributed by atoms with Crippen molar-refractivity contribution in [3.05, 3.63) is 29.1 Å². The summed E-state index contributed by atoms with van der Waals surface area (Å²) in [6, 6.07) is 2.25. The van der Waals surface area contributed by atoms with Gasteiger partial charge < -0.3 is 15.4 Å². The molecule has 29 heavy (non-hydrogen) atoms. The van der Waals surface area contributed by atoms with Crippen LogP contribution in [0.15, 0.2) is 12.1 Å². The molecule has 1 saturated heterocycles. The Hall–Kier alpha value is -1.67. The molecule has 0 saturated carbocycles. The summed E-state index contributed by atoms with van der Waals surface area (Å²) >= 11 is 0. The fraction of sp³-hybridized carbons (Fsp3) is 0.636. The van der Waals surface area contributed by atoms with Crippen LogP contribution in [-0.4, -0.2) is 56.7 Å². The van der Waals surface area contributed by atoms with Gasteiger partial charge in [0, 0.05) is 24.6 Å². The van der Waals surface area contributed by atoms with Gasteiger partial charge in [0.25, 0.3) is 0 Å². The third-order valence-corrected chi connectivity index (χ3v) is 6.25. The van der Waals surface area contributed by atoms with Gasteiger partial charge in [0.05, 0.1) is 24.0 Å². The summed E-state index contributed by atoms with van der Waals surface area (Å²) in [6.07, 6.45) is 5.90. The summed E-state index contributed by atoms with van der Waals surface area (Å²) in [5, 5.41) is 13.5. The van der Waals surface area contributed by atoms with Gasteiger partial charge in [0.15, 0.2) is 5.82 Å². The summed E-state index contributed by atoms with van der Waals surface area (Å²) in [7, 11) is 1.94. The number of anilines is 1. The monoisotopic (exact) mass is 403 g/mol. The van der Waals surface area contributed by atoms with Crippen molar-refractivity contribution in [2.75, 3.05) is 38.6 Å². The van der Waals surface area contributed by atoms with Crippen molar-refractivity contribution in [3.63, 3.8) is 0 Å². The molecule has 1 aromatic carbocycles. The van der Waals surface area contributed by atoms with Crippen LogP contribution in [0.1, 0.15) is 44.2 Å². The van der Waals surface area contributed by atoms with Crippen LogP contribution < -0.4 is 26.0 Å². The normalized spacial score (nSPS) is 27.7. The summed E-state index contributed by atoms with van der Waals surface area (Å²) in [5.41, 5.74) is 3.37. The van der Waals surface area contributed by atoms with Crippen molar-refractivity contribution in [1.29, 1.82) is 0 Å². The predicted molar refractivity (Wildman–Crippen MR) is 116 cm³/mol. The van der Waals surface area contributed by atoms with E-state index in [1.165, 1.54) is 0 Å². The van der Waals surface area contributed by atoms with Crippen molar-refractivity contribution < 1.29 is 9.13 Å². The maximum Gasteiger partial charge on any atom is 0.157 e. The number of rotatable bonds is 5. The number of hydrogen-bond donors (Lipinski definition) is 4. The molecule has 0 aliphatic carbocycles.